The lowest BCUT2D eigenvalue weighted by Gasteiger charge is -2.35. The van der Waals surface area contributed by atoms with Crippen LogP contribution in [-0.2, 0) is 18.2 Å². The molecule has 1 atom stereocenters. The first-order valence-electron chi connectivity index (χ1n) is 10.1. The van der Waals surface area contributed by atoms with Crippen molar-refractivity contribution < 1.29 is 4.74 Å². The lowest BCUT2D eigenvalue weighted by atomic mass is 9.86. The van der Waals surface area contributed by atoms with Crippen LogP contribution in [0, 0.1) is 5.41 Å². The second-order valence-corrected chi connectivity index (χ2v) is 8.25. The molecule has 7 heteroatoms. The molecule has 0 amide bonds. The Morgan fingerprint density at radius 2 is 2.07 bits per heavy atom. The largest absolute Gasteiger partial charge is 0.370 e. The Morgan fingerprint density at radius 3 is 2.72 bits per heavy atom. The van der Waals surface area contributed by atoms with Gasteiger partial charge in [0, 0.05) is 38.4 Å². The summed E-state index contributed by atoms with van der Waals surface area (Å²) in [6.07, 6.45) is 4.96. The molecule has 1 aliphatic rings. The van der Waals surface area contributed by atoms with Crippen molar-refractivity contribution in [2.24, 2.45) is 17.5 Å². The maximum Gasteiger partial charge on any atom is 0.194 e. The summed E-state index contributed by atoms with van der Waals surface area (Å²) in [7, 11) is 1.93. The highest BCUT2D eigenvalue weighted by Gasteiger charge is 2.26. The van der Waals surface area contributed by atoms with Crippen LogP contribution in [0.15, 0.2) is 47.7 Å². The summed E-state index contributed by atoms with van der Waals surface area (Å²) in [5, 5.41) is 7.74. The van der Waals surface area contributed by atoms with Crippen LogP contribution in [0.4, 0.5) is 0 Å². The van der Waals surface area contributed by atoms with Crippen molar-refractivity contribution in [3.05, 3.63) is 53.9 Å². The summed E-state index contributed by atoms with van der Waals surface area (Å²) in [5.41, 5.74) is 2.57. The molecule has 1 fully saturated rings. The molecule has 0 radical (unpaired) electrons. The molecule has 1 aromatic carbocycles. The lowest BCUT2D eigenvalue weighted by molar-refractivity contribution is -0.00809. The molecule has 160 valence electrons. The van der Waals surface area contributed by atoms with E-state index in [2.05, 4.69) is 66.4 Å². The van der Waals surface area contributed by atoms with Crippen LogP contribution in [0.25, 0.3) is 0 Å². The highest BCUT2D eigenvalue weighted by Crippen LogP contribution is 2.24. The summed E-state index contributed by atoms with van der Waals surface area (Å²) in [4.78, 5) is 7.30. The molecular weight excluding hydrogens is 477 g/mol. The fourth-order valence-corrected chi connectivity index (χ4v) is 3.57. The van der Waals surface area contributed by atoms with Crippen molar-refractivity contribution in [2.75, 3.05) is 32.8 Å². The Kier molecular flexibility index (Phi) is 8.95. The van der Waals surface area contributed by atoms with E-state index in [1.807, 2.05) is 24.1 Å². The Hall–Kier alpha value is -1.61. The monoisotopic (exact) mass is 511 g/mol. The maximum atomic E-state index is 5.98. The molecule has 1 N–H and O–H groups in total. The van der Waals surface area contributed by atoms with Crippen LogP contribution >= 0.6 is 24.0 Å². The minimum Gasteiger partial charge on any atom is -0.370 e. The zero-order chi connectivity index (χ0) is 20.0. The number of nitrogens with zero attached hydrogens (tertiary/aromatic N) is 4. The van der Waals surface area contributed by atoms with Crippen LogP contribution in [0.2, 0.25) is 0 Å². The number of halogens is 1. The molecule has 1 aromatic heterocycles. The SMILES string of the molecule is CCNC(=NCC(C)(C)Cc1ccccc1)N1CCOC(c2cnn(C)c2)C1.I. The second-order valence-electron chi connectivity index (χ2n) is 8.25. The van der Waals surface area contributed by atoms with E-state index in [-0.39, 0.29) is 35.5 Å². The third-order valence-corrected chi connectivity index (χ3v) is 4.98. The maximum absolute atomic E-state index is 5.98. The summed E-state index contributed by atoms with van der Waals surface area (Å²) < 4.78 is 7.80. The van der Waals surface area contributed by atoms with E-state index in [1.54, 1.807) is 0 Å². The van der Waals surface area contributed by atoms with Crippen molar-refractivity contribution in [1.29, 1.82) is 0 Å². The predicted molar refractivity (Wildman–Crippen MR) is 129 cm³/mol. The van der Waals surface area contributed by atoms with E-state index in [1.165, 1.54) is 5.56 Å². The quantitative estimate of drug-likeness (QED) is 0.366. The van der Waals surface area contributed by atoms with Gasteiger partial charge in [0.25, 0.3) is 0 Å². The molecule has 2 heterocycles. The minimum absolute atomic E-state index is 0. The number of aliphatic imine (C=N–C) groups is 1. The van der Waals surface area contributed by atoms with Gasteiger partial charge in [-0.05, 0) is 24.3 Å². The van der Waals surface area contributed by atoms with Gasteiger partial charge in [-0.25, -0.2) is 0 Å². The van der Waals surface area contributed by atoms with Crippen molar-refractivity contribution in [2.45, 2.75) is 33.3 Å². The summed E-state index contributed by atoms with van der Waals surface area (Å²) in [5.74, 6) is 0.973. The van der Waals surface area contributed by atoms with E-state index in [9.17, 15) is 0 Å². The van der Waals surface area contributed by atoms with Crippen LogP contribution in [0.5, 0.6) is 0 Å². The molecule has 1 unspecified atom stereocenters. The average Bonchev–Trinajstić information content (AvgIpc) is 3.12. The molecule has 6 nitrogen and oxygen atoms in total. The molecule has 3 rings (SSSR count). The summed E-state index contributed by atoms with van der Waals surface area (Å²) in [6.45, 7) is 10.6. The van der Waals surface area contributed by atoms with Crippen LogP contribution in [-0.4, -0.2) is 53.4 Å². The predicted octanol–water partition coefficient (Wildman–Crippen LogP) is 3.65. The highest BCUT2D eigenvalue weighted by molar-refractivity contribution is 14.0. The third kappa shape index (κ3) is 6.99. The third-order valence-electron chi connectivity index (χ3n) is 4.98. The standard InChI is InChI=1S/C22H33N5O.HI/c1-5-23-21(24-17-22(2,3)13-18-9-7-6-8-10-18)27-11-12-28-20(16-27)19-14-25-26(4)15-19;/h6-10,14-15,20H,5,11-13,16-17H2,1-4H3,(H,23,24);1H. The van der Waals surface area contributed by atoms with Crippen LogP contribution in [0.3, 0.4) is 0 Å². The van der Waals surface area contributed by atoms with Crippen molar-refractivity contribution in [1.82, 2.24) is 20.0 Å². The molecule has 1 aliphatic heterocycles. The molecule has 0 spiro atoms. The zero-order valence-electron chi connectivity index (χ0n) is 18.0. The van der Waals surface area contributed by atoms with Gasteiger partial charge >= 0.3 is 0 Å². The van der Waals surface area contributed by atoms with Crippen LogP contribution < -0.4 is 5.32 Å². The smallest absolute Gasteiger partial charge is 0.194 e. The summed E-state index contributed by atoms with van der Waals surface area (Å²) in [6, 6.07) is 10.7. The number of aromatic nitrogens is 2. The number of nitrogens with one attached hydrogen (secondary N) is 1. The topological polar surface area (TPSA) is 54.7 Å². The van der Waals surface area contributed by atoms with E-state index in [4.69, 9.17) is 9.73 Å². The number of hydrogen-bond donors (Lipinski definition) is 1. The molecule has 2 aromatic rings. The fourth-order valence-electron chi connectivity index (χ4n) is 3.57. The van der Waals surface area contributed by atoms with Gasteiger partial charge in [0.15, 0.2) is 5.96 Å². The molecule has 0 aliphatic carbocycles. The van der Waals surface area contributed by atoms with Gasteiger partial charge in [0.1, 0.15) is 6.10 Å². The molecule has 0 saturated carbocycles. The Labute approximate surface area is 191 Å². The van der Waals surface area contributed by atoms with Crippen molar-refractivity contribution in [3.63, 3.8) is 0 Å². The normalized spacial score (nSPS) is 17.7. The van der Waals surface area contributed by atoms with E-state index < -0.39 is 0 Å². The number of morpholine rings is 1. The first-order valence-corrected chi connectivity index (χ1v) is 10.1. The lowest BCUT2D eigenvalue weighted by Crippen LogP contribution is -2.48. The van der Waals surface area contributed by atoms with E-state index in [0.717, 1.165) is 44.1 Å². The Balaban J connectivity index is 0.00000300. The molecule has 0 bridgehead atoms. The van der Waals surface area contributed by atoms with Crippen LogP contribution in [0.1, 0.15) is 38.0 Å². The van der Waals surface area contributed by atoms with E-state index in [0.29, 0.717) is 6.61 Å². The zero-order valence-corrected chi connectivity index (χ0v) is 20.3. The number of guanidine groups is 1. The van der Waals surface area contributed by atoms with Gasteiger partial charge in [-0.3, -0.25) is 9.67 Å². The molecule has 29 heavy (non-hydrogen) atoms. The van der Waals surface area contributed by atoms with Crippen molar-refractivity contribution >= 4 is 29.9 Å². The number of aryl methyl sites for hydroxylation is 1. The highest BCUT2D eigenvalue weighted by atomic mass is 127. The first-order chi connectivity index (χ1) is 13.5. The Bertz CT molecular complexity index is 775. The first kappa shape index (κ1) is 23.7. The number of rotatable bonds is 6. The van der Waals surface area contributed by atoms with Crippen molar-refractivity contribution in [3.8, 4) is 0 Å². The number of ether oxygens (including phenoxy) is 1. The molecular formula is C22H34IN5O. The summed E-state index contributed by atoms with van der Waals surface area (Å²) >= 11 is 0. The van der Waals surface area contributed by atoms with Gasteiger partial charge in [-0.2, -0.15) is 5.10 Å². The second kappa shape index (κ2) is 11.0. The van der Waals surface area contributed by atoms with Gasteiger partial charge in [0.05, 0.1) is 19.3 Å². The Morgan fingerprint density at radius 1 is 1.31 bits per heavy atom. The van der Waals surface area contributed by atoms with E-state index >= 15 is 0 Å². The minimum atomic E-state index is 0. The number of hydrogen-bond acceptors (Lipinski definition) is 3. The van der Waals surface area contributed by atoms with Gasteiger partial charge in [-0.1, -0.05) is 44.2 Å². The molecule has 1 saturated heterocycles. The fraction of sp³-hybridized carbons (Fsp3) is 0.545. The van der Waals surface area contributed by atoms with Gasteiger partial charge in [-0.15, -0.1) is 24.0 Å². The average molecular weight is 511 g/mol. The number of benzene rings is 1. The van der Waals surface area contributed by atoms with Gasteiger partial charge < -0.3 is 15.0 Å². The van der Waals surface area contributed by atoms with Gasteiger partial charge in [0.2, 0.25) is 0 Å².